The van der Waals surface area contributed by atoms with Gasteiger partial charge in [0.15, 0.2) is 0 Å². The number of carbonyl (C=O) groups excluding carboxylic acids is 1. The summed E-state index contributed by atoms with van der Waals surface area (Å²) in [4.78, 5) is 12.9. The first kappa shape index (κ1) is 21.8. The molecule has 27 heavy (non-hydrogen) atoms. The van der Waals surface area contributed by atoms with E-state index in [1.165, 1.54) is 32.4 Å². The van der Waals surface area contributed by atoms with E-state index in [9.17, 15) is 13.2 Å². The smallest absolute Gasteiger partial charge is 0.243 e. The number of rotatable bonds is 6. The minimum atomic E-state index is -3.73. The number of sulfonamides is 1. The van der Waals surface area contributed by atoms with Crippen LogP contribution >= 0.6 is 11.6 Å². The van der Waals surface area contributed by atoms with E-state index in [2.05, 4.69) is 5.32 Å². The number of amides is 1. The van der Waals surface area contributed by atoms with Gasteiger partial charge in [0.2, 0.25) is 15.9 Å². The molecule has 1 amide bonds. The maximum atomic E-state index is 12.9. The zero-order chi connectivity index (χ0) is 20.0. The summed E-state index contributed by atoms with van der Waals surface area (Å²) in [5.74, 6) is 0.0310. The van der Waals surface area contributed by atoms with E-state index in [1.807, 2.05) is 0 Å². The van der Waals surface area contributed by atoms with Crippen molar-refractivity contribution in [2.24, 2.45) is 0 Å². The van der Waals surface area contributed by atoms with Crippen LogP contribution in [0, 0.1) is 0 Å². The monoisotopic (exact) mass is 416 g/mol. The van der Waals surface area contributed by atoms with Gasteiger partial charge in [0.1, 0.15) is 11.8 Å². The van der Waals surface area contributed by atoms with Crippen LogP contribution in [-0.2, 0) is 14.8 Å². The van der Waals surface area contributed by atoms with Crippen LogP contribution in [-0.4, -0.2) is 39.8 Å². The maximum Gasteiger partial charge on any atom is 0.243 e. The van der Waals surface area contributed by atoms with Gasteiger partial charge in [0, 0.05) is 11.1 Å². The molecular weight excluding hydrogens is 388 g/mol. The van der Waals surface area contributed by atoms with Crippen molar-refractivity contribution in [2.75, 3.05) is 17.7 Å². The van der Waals surface area contributed by atoms with Crippen LogP contribution in [0.1, 0.15) is 51.9 Å². The Balaban J connectivity index is 2.26. The largest absolute Gasteiger partial charge is 0.495 e. The van der Waals surface area contributed by atoms with Crippen LogP contribution in [0.4, 0.5) is 5.69 Å². The van der Waals surface area contributed by atoms with Crippen LogP contribution in [0.5, 0.6) is 5.75 Å². The second-order valence-corrected chi connectivity index (χ2v) is 9.40. The number of anilines is 1. The van der Waals surface area contributed by atoms with Crippen molar-refractivity contribution < 1.29 is 17.9 Å². The molecule has 0 bridgehead atoms. The minimum Gasteiger partial charge on any atom is -0.495 e. The van der Waals surface area contributed by atoms with E-state index in [4.69, 9.17) is 16.3 Å². The number of benzene rings is 1. The highest BCUT2D eigenvalue weighted by molar-refractivity contribution is 7.92. The van der Waals surface area contributed by atoms with E-state index in [-0.39, 0.29) is 17.6 Å². The Hall–Kier alpha value is -1.47. The summed E-state index contributed by atoms with van der Waals surface area (Å²) in [6, 6.07) is 3.88. The van der Waals surface area contributed by atoms with Crippen LogP contribution in [0.15, 0.2) is 18.2 Å². The van der Waals surface area contributed by atoms with Gasteiger partial charge in [-0.3, -0.25) is 9.10 Å². The molecule has 1 aliphatic carbocycles. The zero-order valence-electron chi connectivity index (χ0n) is 16.2. The van der Waals surface area contributed by atoms with Crippen molar-refractivity contribution in [2.45, 2.75) is 64.0 Å². The third-order valence-corrected chi connectivity index (χ3v) is 6.38. The Morgan fingerprint density at radius 1 is 1.22 bits per heavy atom. The second-order valence-electron chi connectivity index (χ2n) is 7.10. The molecule has 1 aliphatic rings. The number of nitrogens with zero attached hydrogens (tertiary/aromatic N) is 1. The quantitative estimate of drug-likeness (QED) is 0.766. The topological polar surface area (TPSA) is 75.7 Å². The second kappa shape index (κ2) is 9.64. The molecule has 0 saturated heterocycles. The fraction of sp³-hybridized carbons (Fsp3) is 0.632. The number of ether oxygens (including phenoxy) is 1. The molecule has 0 heterocycles. The van der Waals surface area contributed by atoms with E-state index in [0.717, 1.165) is 36.2 Å². The highest BCUT2D eigenvalue weighted by atomic mass is 35.5. The van der Waals surface area contributed by atoms with Crippen molar-refractivity contribution >= 4 is 33.2 Å². The molecule has 0 spiro atoms. The molecule has 1 saturated carbocycles. The van der Waals surface area contributed by atoms with Gasteiger partial charge in [-0.1, -0.05) is 43.7 Å². The molecular formula is C19H29ClN2O4S. The number of methoxy groups -OCH3 is 1. The minimum absolute atomic E-state index is 0.0860. The average Bonchev–Trinajstić information content (AvgIpc) is 2.56. The number of hydrogen-bond acceptors (Lipinski definition) is 4. The lowest BCUT2D eigenvalue weighted by molar-refractivity contribution is -0.122. The Morgan fingerprint density at radius 2 is 1.81 bits per heavy atom. The highest BCUT2D eigenvalue weighted by Gasteiger charge is 2.32. The Kier molecular flexibility index (Phi) is 7.79. The first-order chi connectivity index (χ1) is 12.7. The van der Waals surface area contributed by atoms with E-state index >= 15 is 0 Å². The third kappa shape index (κ3) is 6.01. The molecule has 1 aromatic carbocycles. The van der Waals surface area contributed by atoms with Crippen LogP contribution in [0.2, 0.25) is 5.02 Å². The molecule has 0 aliphatic heterocycles. The molecule has 8 heteroatoms. The van der Waals surface area contributed by atoms with Crippen molar-refractivity contribution in [3.8, 4) is 5.75 Å². The average molecular weight is 417 g/mol. The summed E-state index contributed by atoms with van der Waals surface area (Å²) in [7, 11) is -2.28. The fourth-order valence-electron chi connectivity index (χ4n) is 3.54. The molecule has 6 nitrogen and oxygen atoms in total. The Labute approximate surface area is 167 Å². The molecule has 0 aromatic heterocycles. The summed E-state index contributed by atoms with van der Waals surface area (Å²) < 4.78 is 31.4. The SMILES string of the molecule is COc1ccc(Cl)cc1N([C@H](C)C(=O)NC1CCCCCCC1)S(C)(=O)=O. The van der Waals surface area contributed by atoms with Crippen LogP contribution in [0.3, 0.4) is 0 Å². The first-order valence-corrected chi connectivity index (χ1v) is 11.6. The summed E-state index contributed by atoms with van der Waals surface area (Å²) in [5, 5.41) is 3.41. The molecule has 2 rings (SSSR count). The highest BCUT2D eigenvalue weighted by Crippen LogP contribution is 2.34. The summed E-state index contributed by atoms with van der Waals surface area (Å²) in [5.41, 5.74) is 0.257. The molecule has 152 valence electrons. The Bertz CT molecular complexity index is 746. The lowest BCUT2D eigenvalue weighted by Crippen LogP contribution is -2.50. The number of halogens is 1. The summed E-state index contributed by atoms with van der Waals surface area (Å²) >= 11 is 6.06. The van der Waals surface area contributed by atoms with E-state index in [0.29, 0.717) is 10.8 Å². The zero-order valence-corrected chi connectivity index (χ0v) is 17.8. The number of carbonyl (C=O) groups is 1. The summed E-state index contributed by atoms with van der Waals surface area (Å²) in [6.45, 7) is 1.58. The predicted molar refractivity (Wildman–Crippen MR) is 109 cm³/mol. The third-order valence-electron chi connectivity index (χ3n) is 4.92. The predicted octanol–water partition coefficient (Wildman–Crippen LogP) is 3.73. The van der Waals surface area contributed by atoms with Gasteiger partial charge < -0.3 is 10.1 Å². The molecule has 0 unspecified atom stereocenters. The molecule has 1 N–H and O–H groups in total. The fourth-order valence-corrected chi connectivity index (χ4v) is 4.88. The lowest BCUT2D eigenvalue weighted by atomic mass is 9.96. The molecule has 1 fully saturated rings. The number of nitrogens with one attached hydrogen (secondary N) is 1. The molecule has 1 aromatic rings. The van der Waals surface area contributed by atoms with Gasteiger partial charge in [0.05, 0.1) is 19.1 Å². The van der Waals surface area contributed by atoms with Crippen molar-refractivity contribution in [3.05, 3.63) is 23.2 Å². The van der Waals surface area contributed by atoms with Crippen molar-refractivity contribution in [1.29, 1.82) is 0 Å². The van der Waals surface area contributed by atoms with Crippen molar-refractivity contribution in [3.63, 3.8) is 0 Å². The Morgan fingerprint density at radius 3 is 2.37 bits per heavy atom. The number of hydrogen-bond donors (Lipinski definition) is 1. The normalized spacial score (nSPS) is 17.5. The van der Waals surface area contributed by atoms with Crippen LogP contribution < -0.4 is 14.4 Å². The van der Waals surface area contributed by atoms with Gasteiger partial charge in [-0.2, -0.15) is 0 Å². The van der Waals surface area contributed by atoms with E-state index in [1.54, 1.807) is 19.1 Å². The first-order valence-electron chi connectivity index (χ1n) is 9.37. The standard InChI is InChI=1S/C19H29ClN2O4S/c1-14(19(23)21-16-9-7-5-4-6-8-10-16)22(27(3,24)25)17-13-15(20)11-12-18(17)26-2/h11-14,16H,4-10H2,1-3H3,(H,21,23)/t14-/m1/s1. The van der Waals surface area contributed by atoms with Crippen LogP contribution in [0.25, 0.3) is 0 Å². The van der Waals surface area contributed by atoms with Gasteiger partial charge >= 0.3 is 0 Å². The van der Waals surface area contributed by atoms with Gasteiger partial charge in [-0.15, -0.1) is 0 Å². The maximum absolute atomic E-state index is 12.9. The van der Waals surface area contributed by atoms with Gasteiger partial charge in [0.25, 0.3) is 0 Å². The van der Waals surface area contributed by atoms with Gasteiger partial charge in [-0.05, 0) is 38.0 Å². The summed E-state index contributed by atoms with van der Waals surface area (Å²) in [6.07, 6.45) is 8.69. The van der Waals surface area contributed by atoms with Gasteiger partial charge in [-0.25, -0.2) is 8.42 Å². The lowest BCUT2D eigenvalue weighted by Gasteiger charge is -2.31. The van der Waals surface area contributed by atoms with Crippen molar-refractivity contribution in [1.82, 2.24) is 5.32 Å². The molecule has 0 radical (unpaired) electrons. The molecule has 1 atom stereocenters. The van der Waals surface area contributed by atoms with E-state index < -0.39 is 16.1 Å².